The number of thiophene rings is 2. The number of ether oxygens (including phenoxy) is 2. The molecule has 1 amide bonds. The van der Waals surface area contributed by atoms with Crippen LogP contribution >= 0.6 is 22.7 Å². The van der Waals surface area contributed by atoms with Crippen LogP contribution in [0.2, 0.25) is 0 Å². The van der Waals surface area contributed by atoms with E-state index in [9.17, 15) is 14.7 Å². The average Bonchev–Trinajstić information content (AvgIpc) is 4.04. The summed E-state index contributed by atoms with van der Waals surface area (Å²) in [7, 11) is 3.17. The minimum atomic E-state index is -0.740. The lowest BCUT2D eigenvalue weighted by atomic mass is 9.87. The van der Waals surface area contributed by atoms with Crippen LogP contribution < -0.4 is 25.4 Å². The molecule has 4 N–H and O–H groups in total. The number of rotatable bonds is 9. The first-order valence-electron chi connectivity index (χ1n) is 19.0. The molecule has 2 aliphatic rings. The summed E-state index contributed by atoms with van der Waals surface area (Å²) in [4.78, 5) is 55.0. The lowest BCUT2D eigenvalue weighted by Gasteiger charge is -2.23. The van der Waals surface area contributed by atoms with Gasteiger partial charge in [-0.2, -0.15) is 10.2 Å². The molecule has 0 bridgehead atoms. The third-order valence-electron chi connectivity index (χ3n) is 10.5. The van der Waals surface area contributed by atoms with Gasteiger partial charge in [-0.15, -0.1) is 22.7 Å². The largest absolute Gasteiger partial charge is 0.491 e. The van der Waals surface area contributed by atoms with E-state index in [2.05, 4.69) is 56.1 Å². The van der Waals surface area contributed by atoms with Crippen LogP contribution in [0.4, 0.5) is 23.3 Å². The van der Waals surface area contributed by atoms with E-state index in [0.29, 0.717) is 65.3 Å². The normalized spacial score (nSPS) is 16.1. The maximum atomic E-state index is 12.5. The predicted molar refractivity (Wildman–Crippen MR) is 222 cm³/mol. The van der Waals surface area contributed by atoms with Crippen LogP contribution in [0.15, 0.2) is 49.6 Å². The number of nitrogens with one attached hydrogen (secondary N) is 3. The van der Waals surface area contributed by atoms with Crippen molar-refractivity contribution < 1.29 is 24.2 Å². The van der Waals surface area contributed by atoms with Gasteiger partial charge in [0.1, 0.15) is 34.0 Å². The molecule has 0 fully saturated rings. The summed E-state index contributed by atoms with van der Waals surface area (Å²) in [5, 5.41) is 29.3. The van der Waals surface area contributed by atoms with Crippen molar-refractivity contribution >= 4 is 89.5 Å². The molecule has 59 heavy (non-hydrogen) atoms. The Kier molecular flexibility index (Phi) is 10.1. The lowest BCUT2D eigenvalue weighted by Crippen LogP contribution is -2.37. The standard InChI is InChI=1S/C21H23N7O2S.C18H16N6O3S/c1-11(2)25-20(29)12-4-5-13-15(8-12)31-21-17(13)19(22-10-23-21)27-18-14(30-3)9-28-16(26-18)6-7-24-28;1-27-11-7-24-13(4-5-21-24)22-15(11)23-16-14-10-3-2-9(18(25)26)6-12(10)28-17(14)20-8-19-16/h6-7,9-12H,4-5,8H2,1-3H3,(H,25,29)(H,22,23,26,27);4-5,7-9H,2-3,6H2,1H3,(H,25,26)(H,19,20,22,23)/t12-;9-/m00/s1. The van der Waals surface area contributed by atoms with Crippen molar-refractivity contribution in [1.29, 1.82) is 0 Å². The van der Waals surface area contributed by atoms with E-state index < -0.39 is 5.97 Å². The van der Waals surface area contributed by atoms with Crippen LogP contribution in [-0.4, -0.2) is 86.4 Å². The molecule has 8 heterocycles. The topological polar surface area (TPSA) is 221 Å². The molecule has 8 aromatic heterocycles. The molecule has 0 unspecified atom stereocenters. The van der Waals surface area contributed by atoms with Gasteiger partial charge in [0.2, 0.25) is 5.91 Å². The van der Waals surface area contributed by atoms with Gasteiger partial charge in [-0.3, -0.25) is 9.59 Å². The SMILES string of the molecule is COc1cn2nccc2nc1Nc1ncnc2sc3c(c12)CC[C@H](C(=O)NC(C)C)C3.COc1cn2nccc2nc1Nc1ncnc2sc3c(c12)CC[C@H](C(=O)O)C3. The number of anilines is 4. The fourth-order valence-electron chi connectivity index (χ4n) is 7.62. The molecule has 302 valence electrons. The first-order valence-corrected chi connectivity index (χ1v) is 20.6. The average molecular weight is 834 g/mol. The third-order valence-corrected chi connectivity index (χ3v) is 12.8. The number of methoxy groups -OCH3 is 2. The van der Waals surface area contributed by atoms with Gasteiger partial charge in [0.15, 0.2) is 34.4 Å². The van der Waals surface area contributed by atoms with Crippen molar-refractivity contribution in [1.82, 2.24) is 54.4 Å². The highest BCUT2D eigenvalue weighted by Crippen LogP contribution is 2.42. The Labute approximate surface area is 344 Å². The van der Waals surface area contributed by atoms with Crippen molar-refractivity contribution in [2.45, 2.75) is 58.4 Å². The smallest absolute Gasteiger partial charge is 0.306 e. The van der Waals surface area contributed by atoms with Crippen molar-refractivity contribution in [3.05, 3.63) is 70.5 Å². The van der Waals surface area contributed by atoms with E-state index in [-0.39, 0.29) is 23.8 Å². The highest BCUT2D eigenvalue weighted by Gasteiger charge is 2.31. The molecule has 10 rings (SSSR count). The second kappa shape index (κ2) is 15.7. The Bertz CT molecular complexity index is 2880. The molecule has 20 heteroatoms. The summed E-state index contributed by atoms with van der Waals surface area (Å²) in [5.74, 6) is 2.61. The first kappa shape index (κ1) is 38.0. The number of carboxylic acids is 1. The fraction of sp³-hybridized carbons (Fsp3) is 0.333. The molecule has 0 spiro atoms. The van der Waals surface area contributed by atoms with Crippen molar-refractivity contribution in [3.8, 4) is 11.5 Å². The van der Waals surface area contributed by atoms with Crippen molar-refractivity contribution in [3.63, 3.8) is 0 Å². The first-order chi connectivity index (χ1) is 28.7. The van der Waals surface area contributed by atoms with E-state index in [1.54, 1.807) is 71.8 Å². The van der Waals surface area contributed by atoms with Crippen molar-refractivity contribution in [2.24, 2.45) is 11.8 Å². The highest BCUT2D eigenvalue weighted by molar-refractivity contribution is 7.19. The zero-order chi connectivity index (χ0) is 40.8. The van der Waals surface area contributed by atoms with Crippen LogP contribution in [0, 0.1) is 11.8 Å². The number of nitrogens with zero attached hydrogens (tertiary/aromatic N) is 10. The van der Waals surface area contributed by atoms with Gasteiger partial charge in [0.25, 0.3) is 0 Å². The minimum absolute atomic E-state index is 0.00151. The molecule has 2 atom stereocenters. The van der Waals surface area contributed by atoms with Crippen LogP contribution in [-0.2, 0) is 35.3 Å². The monoisotopic (exact) mass is 833 g/mol. The van der Waals surface area contributed by atoms with Crippen molar-refractivity contribution in [2.75, 3.05) is 24.9 Å². The molecule has 18 nitrogen and oxygen atoms in total. The van der Waals surface area contributed by atoms with Crippen LogP contribution in [0.3, 0.4) is 0 Å². The number of amides is 1. The van der Waals surface area contributed by atoms with Gasteiger partial charge < -0.3 is 30.5 Å². The Morgan fingerprint density at radius 3 is 1.71 bits per heavy atom. The molecule has 0 saturated carbocycles. The van der Waals surface area contributed by atoms with E-state index in [4.69, 9.17) is 9.47 Å². The summed E-state index contributed by atoms with van der Waals surface area (Å²) in [6.45, 7) is 3.98. The number of carboxylic acid groups (broad SMARTS) is 1. The number of carbonyl (C=O) groups excluding carboxylic acids is 1. The van der Waals surface area contributed by atoms with Gasteiger partial charge in [0, 0.05) is 33.8 Å². The van der Waals surface area contributed by atoms with E-state index in [1.165, 1.54) is 28.1 Å². The Morgan fingerprint density at radius 2 is 1.24 bits per heavy atom. The summed E-state index contributed by atoms with van der Waals surface area (Å²) >= 11 is 3.18. The fourth-order valence-corrected chi connectivity index (χ4v) is 10.2. The second-order valence-corrected chi connectivity index (χ2v) is 16.7. The second-order valence-electron chi connectivity index (χ2n) is 14.5. The number of aryl methyl sites for hydroxylation is 2. The van der Waals surface area contributed by atoms with Crippen LogP contribution in [0.25, 0.3) is 31.7 Å². The molecule has 0 saturated heterocycles. The van der Waals surface area contributed by atoms with Crippen LogP contribution in [0.5, 0.6) is 11.5 Å². The van der Waals surface area contributed by atoms with Crippen LogP contribution in [0.1, 0.15) is 47.6 Å². The molecular formula is C39H39N13O5S2. The zero-order valence-electron chi connectivity index (χ0n) is 32.5. The number of hydrogen-bond donors (Lipinski definition) is 4. The third kappa shape index (κ3) is 7.28. The maximum Gasteiger partial charge on any atom is 0.306 e. The number of hydrogen-bond acceptors (Lipinski definition) is 16. The molecule has 2 aliphatic carbocycles. The van der Waals surface area contributed by atoms with E-state index >= 15 is 0 Å². The van der Waals surface area contributed by atoms with E-state index in [1.807, 2.05) is 19.9 Å². The lowest BCUT2D eigenvalue weighted by molar-refractivity contribution is -0.142. The molecular weight excluding hydrogens is 795 g/mol. The minimum Gasteiger partial charge on any atom is -0.491 e. The summed E-state index contributed by atoms with van der Waals surface area (Å²) in [6, 6.07) is 3.78. The summed E-state index contributed by atoms with van der Waals surface area (Å²) in [6.07, 6.45) is 14.2. The van der Waals surface area contributed by atoms with E-state index in [0.717, 1.165) is 50.1 Å². The highest BCUT2D eigenvalue weighted by atomic mass is 32.1. The summed E-state index contributed by atoms with van der Waals surface area (Å²) in [5.41, 5.74) is 3.75. The van der Waals surface area contributed by atoms with Gasteiger partial charge in [-0.25, -0.2) is 38.9 Å². The Morgan fingerprint density at radius 1 is 0.746 bits per heavy atom. The number of fused-ring (bicyclic) bond motifs is 8. The van der Waals surface area contributed by atoms with Gasteiger partial charge in [-0.1, -0.05) is 0 Å². The Balaban J connectivity index is 0.000000153. The molecule has 0 aliphatic heterocycles. The molecule has 8 aromatic rings. The van der Waals surface area contributed by atoms with Gasteiger partial charge in [-0.05, 0) is 63.5 Å². The quantitative estimate of drug-likeness (QED) is 0.135. The zero-order valence-corrected chi connectivity index (χ0v) is 34.1. The summed E-state index contributed by atoms with van der Waals surface area (Å²) < 4.78 is 14.2. The number of aromatic nitrogens is 10. The Hall–Kier alpha value is -6.54. The maximum absolute atomic E-state index is 12.5. The van der Waals surface area contributed by atoms with Gasteiger partial charge >= 0.3 is 5.97 Å². The molecule has 0 aromatic carbocycles. The number of aliphatic carboxylic acids is 1. The molecule has 0 radical (unpaired) electrons. The van der Waals surface area contributed by atoms with Gasteiger partial charge in [0.05, 0.1) is 55.7 Å². The number of carbonyl (C=O) groups is 2. The predicted octanol–water partition coefficient (Wildman–Crippen LogP) is 5.79.